The molecule has 22 heavy (non-hydrogen) atoms. The number of thiophene rings is 1. The third-order valence-electron chi connectivity index (χ3n) is 3.48. The zero-order valence-electron chi connectivity index (χ0n) is 11.7. The summed E-state index contributed by atoms with van der Waals surface area (Å²) in [6.45, 7) is 1.28. The molecule has 0 aromatic carbocycles. The van der Waals surface area contributed by atoms with Gasteiger partial charge >= 0.3 is 0 Å². The maximum atomic E-state index is 12.5. The number of piperidine rings is 1. The molecule has 1 fully saturated rings. The second-order valence-corrected chi connectivity index (χ2v) is 7.17. The molecule has 3 heterocycles. The van der Waals surface area contributed by atoms with Gasteiger partial charge in [-0.15, -0.1) is 11.3 Å². The van der Waals surface area contributed by atoms with Crippen LogP contribution >= 0.6 is 34.5 Å². The number of halogens is 2. The highest BCUT2D eigenvalue weighted by atomic mass is 35.5. The number of nitrogens with zero attached hydrogens (tertiary/aromatic N) is 2. The molecule has 1 unspecified atom stereocenters. The summed E-state index contributed by atoms with van der Waals surface area (Å²) < 4.78 is 6.54. The van der Waals surface area contributed by atoms with Crippen molar-refractivity contribution in [2.45, 2.75) is 18.9 Å². The minimum Gasteiger partial charge on any atom is -0.487 e. The smallest absolute Gasteiger partial charge is 0.264 e. The molecule has 116 valence electrons. The number of hydrogen-bond donors (Lipinski definition) is 0. The highest BCUT2D eigenvalue weighted by molar-refractivity contribution is 7.17. The van der Waals surface area contributed by atoms with Crippen LogP contribution in [0.5, 0.6) is 5.75 Å². The Morgan fingerprint density at radius 3 is 2.95 bits per heavy atom. The lowest BCUT2D eigenvalue weighted by molar-refractivity contribution is 0.0542. The Morgan fingerprint density at radius 1 is 1.36 bits per heavy atom. The molecule has 2 aromatic rings. The molecule has 0 radical (unpaired) electrons. The first kappa shape index (κ1) is 15.6. The SMILES string of the molecule is O=C(c1ccc(Cl)s1)N1CCCC(Oc2ccncc2Cl)C1. The van der Waals surface area contributed by atoms with Crippen LogP contribution in [0.2, 0.25) is 9.36 Å². The molecule has 0 spiro atoms. The van der Waals surface area contributed by atoms with Crippen molar-refractivity contribution < 1.29 is 9.53 Å². The standard InChI is InChI=1S/C15H14Cl2N2O2S/c16-11-8-18-6-5-12(11)21-10-2-1-7-19(9-10)15(20)13-3-4-14(17)22-13/h3-6,8,10H,1-2,7,9H2. The molecule has 1 amide bonds. The van der Waals surface area contributed by atoms with E-state index in [1.54, 1.807) is 30.6 Å². The average Bonchev–Trinajstić information content (AvgIpc) is 2.96. The Kier molecular flexibility index (Phi) is 4.86. The van der Waals surface area contributed by atoms with Crippen LogP contribution in [0.4, 0.5) is 0 Å². The lowest BCUT2D eigenvalue weighted by Gasteiger charge is -2.32. The fraction of sp³-hybridized carbons (Fsp3) is 0.333. The van der Waals surface area contributed by atoms with Crippen molar-refractivity contribution in [3.05, 3.63) is 44.8 Å². The van der Waals surface area contributed by atoms with Crippen molar-refractivity contribution in [2.75, 3.05) is 13.1 Å². The molecule has 1 aliphatic heterocycles. The van der Waals surface area contributed by atoms with Crippen molar-refractivity contribution in [1.82, 2.24) is 9.88 Å². The third kappa shape index (κ3) is 3.54. The summed E-state index contributed by atoms with van der Waals surface area (Å²) in [4.78, 5) is 18.9. The molecule has 1 aliphatic rings. The predicted molar refractivity (Wildman–Crippen MR) is 88.1 cm³/mol. The number of pyridine rings is 1. The Bertz CT molecular complexity index is 677. The van der Waals surface area contributed by atoms with E-state index in [9.17, 15) is 4.79 Å². The molecular formula is C15H14Cl2N2O2S. The lowest BCUT2D eigenvalue weighted by Crippen LogP contribution is -2.44. The van der Waals surface area contributed by atoms with Crippen LogP contribution in [0.15, 0.2) is 30.6 Å². The fourth-order valence-electron chi connectivity index (χ4n) is 2.44. The van der Waals surface area contributed by atoms with Gasteiger partial charge in [-0.25, -0.2) is 0 Å². The molecule has 0 bridgehead atoms. The van der Waals surface area contributed by atoms with Gasteiger partial charge in [0, 0.05) is 25.0 Å². The monoisotopic (exact) mass is 356 g/mol. The summed E-state index contributed by atoms with van der Waals surface area (Å²) in [6.07, 6.45) is 4.93. The normalized spacial score (nSPS) is 18.3. The number of rotatable bonds is 3. The van der Waals surface area contributed by atoms with Crippen molar-refractivity contribution in [3.8, 4) is 5.75 Å². The number of likely N-dealkylation sites (tertiary alicyclic amines) is 1. The average molecular weight is 357 g/mol. The Labute approximate surface area is 142 Å². The van der Waals surface area contributed by atoms with E-state index in [0.29, 0.717) is 26.5 Å². The number of amides is 1. The number of hydrogen-bond acceptors (Lipinski definition) is 4. The second-order valence-electron chi connectivity index (χ2n) is 5.04. The minimum absolute atomic E-state index is 0.00558. The van der Waals surface area contributed by atoms with E-state index in [1.807, 2.05) is 4.90 Å². The zero-order chi connectivity index (χ0) is 15.5. The van der Waals surface area contributed by atoms with Crippen LogP contribution in [-0.2, 0) is 0 Å². The Balaban J connectivity index is 1.67. The van der Waals surface area contributed by atoms with Gasteiger partial charge < -0.3 is 9.64 Å². The molecule has 4 nitrogen and oxygen atoms in total. The lowest BCUT2D eigenvalue weighted by atomic mass is 10.1. The van der Waals surface area contributed by atoms with Crippen molar-refractivity contribution in [1.29, 1.82) is 0 Å². The maximum Gasteiger partial charge on any atom is 0.264 e. The van der Waals surface area contributed by atoms with Gasteiger partial charge in [-0.2, -0.15) is 0 Å². The molecule has 0 N–H and O–H groups in total. The molecule has 0 saturated carbocycles. The minimum atomic E-state index is -0.0620. The summed E-state index contributed by atoms with van der Waals surface area (Å²) in [7, 11) is 0. The quantitative estimate of drug-likeness (QED) is 0.829. The summed E-state index contributed by atoms with van der Waals surface area (Å²) in [6, 6.07) is 5.25. The maximum absolute atomic E-state index is 12.5. The van der Waals surface area contributed by atoms with Gasteiger partial charge in [-0.3, -0.25) is 9.78 Å². The van der Waals surface area contributed by atoms with Crippen LogP contribution in [0, 0.1) is 0 Å². The first-order valence-corrected chi connectivity index (χ1v) is 8.51. The Hall–Kier alpha value is -1.30. The number of carbonyl (C=O) groups excluding carboxylic acids is 1. The zero-order valence-corrected chi connectivity index (χ0v) is 14.0. The van der Waals surface area contributed by atoms with Crippen molar-refractivity contribution in [2.24, 2.45) is 0 Å². The molecular weight excluding hydrogens is 343 g/mol. The highest BCUT2D eigenvalue weighted by Gasteiger charge is 2.26. The van der Waals surface area contributed by atoms with Crippen LogP contribution in [0.25, 0.3) is 0 Å². The van der Waals surface area contributed by atoms with Gasteiger partial charge in [0.2, 0.25) is 0 Å². The molecule has 7 heteroatoms. The van der Waals surface area contributed by atoms with Crippen molar-refractivity contribution in [3.63, 3.8) is 0 Å². The van der Waals surface area contributed by atoms with Crippen molar-refractivity contribution >= 4 is 40.4 Å². The Morgan fingerprint density at radius 2 is 2.23 bits per heavy atom. The predicted octanol–water partition coefficient (Wildman–Crippen LogP) is 4.13. The van der Waals surface area contributed by atoms with Gasteiger partial charge in [0.1, 0.15) is 16.9 Å². The van der Waals surface area contributed by atoms with E-state index in [2.05, 4.69) is 4.98 Å². The van der Waals surface area contributed by atoms with E-state index < -0.39 is 0 Å². The van der Waals surface area contributed by atoms with Crippen LogP contribution in [0.3, 0.4) is 0 Å². The second kappa shape index (κ2) is 6.86. The van der Waals surface area contributed by atoms with Crippen LogP contribution < -0.4 is 4.74 Å². The molecule has 3 rings (SSSR count). The third-order valence-corrected chi connectivity index (χ3v) is 4.98. The molecule has 1 atom stereocenters. The van der Waals surface area contributed by atoms with Crippen LogP contribution in [-0.4, -0.2) is 35.0 Å². The summed E-state index contributed by atoms with van der Waals surface area (Å²) in [5, 5.41) is 0.482. The van der Waals surface area contributed by atoms with E-state index in [4.69, 9.17) is 27.9 Å². The first-order valence-electron chi connectivity index (χ1n) is 6.94. The molecule has 2 aromatic heterocycles. The van der Waals surface area contributed by atoms with E-state index >= 15 is 0 Å². The first-order chi connectivity index (χ1) is 10.6. The van der Waals surface area contributed by atoms with Gasteiger partial charge in [0.05, 0.1) is 15.8 Å². The largest absolute Gasteiger partial charge is 0.487 e. The number of carbonyl (C=O) groups is 1. The fourth-order valence-corrected chi connectivity index (χ4v) is 3.62. The van der Waals surface area contributed by atoms with E-state index in [-0.39, 0.29) is 12.0 Å². The highest BCUT2D eigenvalue weighted by Crippen LogP contribution is 2.27. The van der Waals surface area contributed by atoms with E-state index in [0.717, 1.165) is 19.4 Å². The van der Waals surface area contributed by atoms with E-state index in [1.165, 1.54) is 11.3 Å². The molecule has 1 saturated heterocycles. The summed E-state index contributed by atoms with van der Waals surface area (Å²) >= 11 is 13.3. The summed E-state index contributed by atoms with van der Waals surface area (Å²) in [5.74, 6) is 0.612. The van der Waals surface area contributed by atoms with Gasteiger partial charge in [0.15, 0.2) is 0 Å². The van der Waals surface area contributed by atoms with Gasteiger partial charge in [-0.05, 0) is 25.0 Å². The van der Waals surface area contributed by atoms with Gasteiger partial charge in [-0.1, -0.05) is 23.2 Å². The number of ether oxygens (including phenoxy) is 1. The van der Waals surface area contributed by atoms with Crippen LogP contribution in [0.1, 0.15) is 22.5 Å². The van der Waals surface area contributed by atoms with Gasteiger partial charge in [0.25, 0.3) is 5.91 Å². The topological polar surface area (TPSA) is 42.4 Å². The molecule has 0 aliphatic carbocycles. The number of aromatic nitrogens is 1. The summed E-state index contributed by atoms with van der Waals surface area (Å²) in [5.41, 5.74) is 0.